The molecule has 0 aromatic heterocycles. The van der Waals surface area contributed by atoms with Crippen molar-refractivity contribution in [3.8, 4) is 0 Å². The minimum absolute atomic E-state index is 0.0377. The quantitative estimate of drug-likeness (QED) is 0.228. The number of alkyl carbamates (subject to hydrolysis) is 1. The van der Waals surface area contributed by atoms with Gasteiger partial charge in [-0.3, -0.25) is 9.59 Å². The van der Waals surface area contributed by atoms with Crippen LogP contribution in [0.3, 0.4) is 0 Å². The number of carbonyl (C=O) groups excluding carboxylic acids is 3. The summed E-state index contributed by atoms with van der Waals surface area (Å²) < 4.78 is 36.6. The Hall–Kier alpha value is -3.52. The molecular formula is C31H42BFN4O7. The second-order valence-electron chi connectivity index (χ2n) is 11.7. The number of nitrogens with zero attached hydrogens (tertiary/aromatic N) is 1. The Morgan fingerprint density at radius 1 is 1.05 bits per heavy atom. The molecule has 3 atom stereocenters. The van der Waals surface area contributed by atoms with Crippen LogP contribution >= 0.6 is 0 Å². The lowest BCUT2D eigenvalue weighted by molar-refractivity contribution is -0.785. The third-order valence-corrected chi connectivity index (χ3v) is 8.86. The number of quaternary nitrogens is 1. The number of amides is 3. The maximum Gasteiger partial charge on any atom is 0.492 e. The van der Waals surface area contributed by atoms with Crippen molar-refractivity contribution in [3.63, 3.8) is 0 Å². The highest BCUT2D eigenvalue weighted by Gasteiger charge is 2.56. The molecule has 3 N–H and O–H groups in total. The first-order valence-corrected chi connectivity index (χ1v) is 15.5. The number of carbonyl (C=O) groups is 3. The van der Waals surface area contributed by atoms with E-state index in [1.807, 2.05) is 30.3 Å². The molecule has 3 aliphatic heterocycles. The number of nitrogens with one attached hydrogen (secondary N) is 3. The van der Waals surface area contributed by atoms with E-state index in [4.69, 9.17) is 18.8 Å². The van der Waals surface area contributed by atoms with Gasteiger partial charge in [0, 0.05) is 32.6 Å². The molecule has 3 saturated heterocycles. The molecule has 11 nitrogen and oxygen atoms in total. The SMILES string of the molecule is COCCC[C@H](NC(=O)[C@@H]1CCCN1C(=O)[C@@H](Cc1ccc(F)cc1)NC(=O)OCc1ccccc1)[B-]12OCC[NH+]1CCO2. The first-order chi connectivity index (χ1) is 21.4. The van der Waals surface area contributed by atoms with Crippen molar-refractivity contribution in [2.45, 2.75) is 56.7 Å². The van der Waals surface area contributed by atoms with Crippen LogP contribution in [-0.4, -0.2) is 94.1 Å². The van der Waals surface area contributed by atoms with Gasteiger partial charge in [-0.1, -0.05) is 48.9 Å². The fourth-order valence-corrected chi connectivity index (χ4v) is 6.65. The topological polar surface area (TPSA) is 120 Å². The zero-order valence-corrected chi connectivity index (χ0v) is 25.2. The number of benzene rings is 2. The van der Waals surface area contributed by atoms with Crippen LogP contribution in [0.1, 0.15) is 36.8 Å². The minimum Gasteiger partial charge on any atom is -0.508 e. The van der Waals surface area contributed by atoms with Crippen LogP contribution in [0.2, 0.25) is 0 Å². The van der Waals surface area contributed by atoms with Gasteiger partial charge in [0.1, 0.15) is 24.5 Å². The van der Waals surface area contributed by atoms with Crippen molar-refractivity contribution < 1.29 is 42.4 Å². The maximum atomic E-state index is 14.0. The zero-order chi connectivity index (χ0) is 30.9. The predicted molar refractivity (Wildman–Crippen MR) is 160 cm³/mol. The Labute approximate surface area is 257 Å². The molecule has 3 aliphatic rings. The fourth-order valence-electron chi connectivity index (χ4n) is 6.65. The Morgan fingerprint density at radius 3 is 2.48 bits per heavy atom. The van der Waals surface area contributed by atoms with E-state index in [-0.39, 0.29) is 24.9 Å². The van der Waals surface area contributed by atoms with Crippen LogP contribution in [0, 0.1) is 5.82 Å². The van der Waals surface area contributed by atoms with Crippen LogP contribution in [-0.2, 0) is 41.4 Å². The van der Waals surface area contributed by atoms with Crippen molar-refractivity contribution >= 4 is 24.6 Å². The number of ether oxygens (including phenoxy) is 2. The second-order valence-corrected chi connectivity index (χ2v) is 11.7. The van der Waals surface area contributed by atoms with E-state index in [9.17, 15) is 18.8 Å². The van der Waals surface area contributed by atoms with Crippen molar-refractivity contribution in [3.05, 3.63) is 71.5 Å². The van der Waals surface area contributed by atoms with Gasteiger partial charge >= 0.3 is 12.8 Å². The van der Waals surface area contributed by atoms with Gasteiger partial charge in [-0.05, 0) is 42.5 Å². The number of halogens is 1. The summed E-state index contributed by atoms with van der Waals surface area (Å²) in [5, 5.41) is 5.90. The molecule has 0 aliphatic carbocycles. The standard InChI is InChI=1S/C31H42BFN4O7/c1-41-18-6-10-28(32-36(16-19-43-32)17-20-44-32)35-29(38)27-9-5-15-37(27)30(39)26(21-23-11-13-25(33)14-12-23)34-31(40)42-22-24-7-3-2-4-8-24/h2-4,7-8,11-14,26-28,36H,5-6,9-10,15-22H2,1H3,(H,34,40)(H,35,38)/t26-,27+,28+/m1/s1. The van der Waals surface area contributed by atoms with Crippen LogP contribution in [0.25, 0.3) is 0 Å². The molecule has 44 heavy (non-hydrogen) atoms. The smallest absolute Gasteiger partial charge is 0.492 e. The fraction of sp³-hybridized carbons (Fsp3) is 0.516. The largest absolute Gasteiger partial charge is 0.508 e. The van der Waals surface area contributed by atoms with E-state index in [0.29, 0.717) is 57.6 Å². The van der Waals surface area contributed by atoms with Gasteiger partial charge in [-0.2, -0.15) is 0 Å². The molecule has 13 heteroatoms. The van der Waals surface area contributed by atoms with Gasteiger partial charge in [0.15, 0.2) is 0 Å². The molecule has 2 aromatic rings. The molecule has 3 fully saturated rings. The summed E-state index contributed by atoms with van der Waals surface area (Å²) in [4.78, 5) is 43.5. The van der Waals surface area contributed by atoms with Crippen LogP contribution in [0.15, 0.2) is 54.6 Å². The van der Waals surface area contributed by atoms with Crippen molar-refractivity contribution in [1.82, 2.24) is 15.5 Å². The Morgan fingerprint density at radius 2 is 1.77 bits per heavy atom. The van der Waals surface area contributed by atoms with Crippen LogP contribution < -0.4 is 15.4 Å². The summed E-state index contributed by atoms with van der Waals surface area (Å²) in [5.74, 6) is -1.43. The average Bonchev–Trinajstić information content (AvgIpc) is 3.77. The van der Waals surface area contributed by atoms with E-state index in [0.717, 1.165) is 18.7 Å². The van der Waals surface area contributed by atoms with E-state index in [1.165, 1.54) is 21.8 Å². The summed E-state index contributed by atoms with van der Waals surface area (Å²) in [6.45, 7) is 1.96. The lowest BCUT2D eigenvalue weighted by Crippen LogP contribution is -3.21. The molecule has 0 unspecified atom stereocenters. The van der Waals surface area contributed by atoms with Crippen molar-refractivity contribution in [1.29, 1.82) is 0 Å². The number of rotatable bonds is 13. The Kier molecular flexibility index (Phi) is 10.9. The molecule has 0 saturated carbocycles. The lowest BCUT2D eigenvalue weighted by atomic mass is 9.60. The third-order valence-electron chi connectivity index (χ3n) is 8.86. The van der Waals surface area contributed by atoms with Crippen molar-refractivity contribution in [2.75, 3.05) is 46.6 Å². The molecule has 2 aromatic carbocycles. The van der Waals surface area contributed by atoms with Crippen LogP contribution in [0.5, 0.6) is 0 Å². The summed E-state index contributed by atoms with van der Waals surface area (Å²) in [5.41, 5.74) is 1.47. The van der Waals surface area contributed by atoms with Gasteiger partial charge in [0.05, 0.1) is 26.3 Å². The van der Waals surface area contributed by atoms with E-state index in [1.54, 1.807) is 19.2 Å². The Balaban J connectivity index is 1.29. The number of hydrogen-bond donors (Lipinski definition) is 3. The van der Waals surface area contributed by atoms with Gasteiger partial charge in [-0.25, -0.2) is 9.18 Å². The highest BCUT2D eigenvalue weighted by molar-refractivity contribution is 6.61. The Bertz CT molecular complexity index is 1260. The molecule has 3 heterocycles. The summed E-state index contributed by atoms with van der Waals surface area (Å²) >= 11 is 0. The second kappa shape index (κ2) is 15.0. The number of methoxy groups -OCH3 is 1. The first-order valence-electron chi connectivity index (χ1n) is 15.5. The maximum absolute atomic E-state index is 14.0. The first kappa shape index (κ1) is 31.9. The highest BCUT2D eigenvalue weighted by Crippen LogP contribution is 2.23. The zero-order valence-electron chi connectivity index (χ0n) is 25.2. The molecule has 0 spiro atoms. The molecule has 238 valence electrons. The summed E-state index contributed by atoms with van der Waals surface area (Å²) in [6, 6.07) is 13.2. The summed E-state index contributed by atoms with van der Waals surface area (Å²) in [7, 11) is 1.64. The molecular weight excluding hydrogens is 570 g/mol. The van der Waals surface area contributed by atoms with E-state index < -0.39 is 36.6 Å². The third kappa shape index (κ3) is 7.58. The minimum atomic E-state index is -1.76. The monoisotopic (exact) mass is 612 g/mol. The number of likely N-dealkylation sites (tertiary alicyclic amines) is 1. The van der Waals surface area contributed by atoms with Gasteiger partial charge in [-0.15, -0.1) is 0 Å². The van der Waals surface area contributed by atoms with E-state index in [2.05, 4.69) is 10.6 Å². The normalized spacial score (nSPS) is 24.0. The van der Waals surface area contributed by atoms with E-state index >= 15 is 0 Å². The van der Waals surface area contributed by atoms with Gasteiger partial charge in [0.25, 0.3) is 0 Å². The van der Waals surface area contributed by atoms with Crippen LogP contribution in [0.4, 0.5) is 9.18 Å². The highest BCUT2D eigenvalue weighted by atomic mass is 19.1. The molecule has 0 radical (unpaired) electrons. The number of fused-ring (bicyclic) bond motifs is 1. The predicted octanol–water partition coefficient (Wildman–Crippen LogP) is 0.989. The van der Waals surface area contributed by atoms with Gasteiger partial charge < -0.3 is 39.1 Å². The van der Waals surface area contributed by atoms with Crippen molar-refractivity contribution in [2.24, 2.45) is 0 Å². The average molecular weight is 613 g/mol. The summed E-state index contributed by atoms with van der Waals surface area (Å²) in [6.07, 6.45) is 1.81. The number of hydrogen-bond acceptors (Lipinski definition) is 7. The lowest BCUT2D eigenvalue weighted by Gasteiger charge is -2.40. The molecule has 5 rings (SSSR count). The van der Waals surface area contributed by atoms with Gasteiger partial charge in [0.2, 0.25) is 11.8 Å². The molecule has 3 amide bonds. The molecule has 0 bridgehead atoms.